The van der Waals surface area contributed by atoms with Crippen LogP contribution in [0.15, 0.2) is 54.9 Å². The lowest BCUT2D eigenvalue weighted by Crippen LogP contribution is -2.52. The van der Waals surface area contributed by atoms with Crippen LogP contribution in [0.1, 0.15) is 24.0 Å². The molecule has 0 saturated carbocycles. The minimum absolute atomic E-state index is 0.269. The average Bonchev–Trinajstić information content (AvgIpc) is 2.95. The minimum Gasteiger partial charge on any atom is -0.380 e. The number of hydrogen-bond acceptors (Lipinski definition) is 4. The predicted octanol–water partition coefficient (Wildman–Crippen LogP) is 2.76. The van der Waals surface area contributed by atoms with Crippen LogP contribution in [0.3, 0.4) is 0 Å². The summed E-state index contributed by atoms with van der Waals surface area (Å²) in [6, 6.07) is 14.9. The third kappa shape index (κ3) is 4.78. The van der Waals surface area contributed by atoms with Crippen LogP contribution in [-0.4, -0.2) is 59.6 Å². The highest BCUT2D eigenvalue weighted by atomic mass is 16.5. The molecule has 3 heterocycles. The number of aromatic nitrogens is 1. The molecule has 28 heavy (non-hydrogen) atoms. The van der Waals surface area contributed by atoms with E-state index in [1.807, 2.05) is 36.7 Å². The Bertz CT molecular complexity index is 753. The van der Waals surface area contributed by atoms with E-state index >= 15 is 0 Å². The molecule has 0 N–H and O–H groups in total. The van der Waals surface area contributed by atoms with Gasteiger partial charge in [0.05, 0.1) is 13.2 Å². The molecule has 2 fully saturated rings. The highest BCUT2D eigenvalue weighted by molar-refractivity contribution is 5.76. The average molecular weight is 380 g/mol. The summed E-state index contributed by atoms with van der Waals surface area (Å²) in [5.41, 5.74) is 2.47. The Morgan fingerprint density at radius 1 is 1.11 bits per heavy atom. The monoisotopic (exact) mass is 379 g/mol. The fraction of sp³-hybridized carbons (Fsp3) is 0.478. The van der Waals surface area contributed by atoms with Crippen LogP contribution < -0.4 is 0 Å². The summed E-state index contributed by atoms with van der Waals surface area (Å²) in [6.45, 7) is 5.00. The van der Waals surface area contributed by atoms with Crippen molar-refractivity contribution >= 4 is 5.91 Å². The van der Waals surface area contributed by atoms with E-state index in [9.17, 15) is 4.79 Å². The zero-order valence-electron chi connectivity index (χ0n) is 16.4. The standard InChI is InChI=1S/C23H29N3O2/c27-23(9-8-19-5-2-1-3-6-19)26-12-10-22-21(17-26)18-28-14-13-25(22)16-20-7-4-11-24-15-20/h1-7,11,15,21-22H,8-10,12-14,16-18H2/t21-,22-/m1/s1. The molecule has 0 unspecified atom stereocenters. The van der Waals surface area contributed by atoms with E-state index in [0.717, 1.165) is 52.2 Å². The molecule has 1 aromatic carbocycles. The van der Waals surface area contributed by atoms with Crippen molar-refractivity contribution in [3.8, 4) is 0 Å². The Labute approximate surface area is 167 Å². The Kier molecular flexibility index (Phi) is 6.34. The number of fused-ring (bicyclic) bond motifs is 1. The number of pyridine rings is 1. The van der Waals surface area contributed by atoms with E-state index < -0.39 is 0 Å². The van der Waals surface area contributed by atoms with Crippen molar-refractivity contribution in [2.24, 2.45) is 5.92 Å². The second-order valence-electron chi connectivity index (χ2n) is 7.85. The van der Waals surface area contributed by atoms with Crippen molar-refractivity contribution in [2.45, 2.75) is 31.8 Å². The lowest BCUT2D eigenvalue weighted by atomic mass is 9.91. The van der Waals surface area contributed by atoms with Crippen LogP contribution in [0.2, 0.25) is 0 Å². The van der Waals surface area contributed by atoms with E-state index in [-0.39, 0.29) is 5.91 Å². The number of ether oxygens (including phenoxy) is 1. The first kappa shape index (κ1) is 19.1. The summed E-state index contributed by atoms with van der Waals surface area (Å²) < 4.78 is 5.89. The molecule has 2 aromatic rings. The predicted molar refractivity (Wildman–Crippen MR) is 109 cm³/mol. The Balaban J connectivity index is 1.35. The number of benzene rings is 1. The molecule has 0 radical (unpaired) electrons. The first-order valence-electron chi connectivity index (χ1n) is 10.3. The highest BCUT2D eigenvalue weighted by Crippen LogP contribution is 2.27. The molecule has 2 aliphatic heterocycles. The SMILES string of the molecule is O=C(CCc1ccccc1)N1CC[C@@H]2[C@@H](COCCN2Cc2cccnc2)C1. The summed E-state index contributed by atoms with van der Waals surface area (Å²) >= 11 is 0. The number of carbonyl (C=O) groups is 1. The third-order valence-corrected chi connectivity index (χ3v) is 5.95. The summed E-state index contributed by atoms with van der Waals surface area (Å²) in [5.74, 6) is 0.652. The van der Waals surface area contributed by atoms with Gasteiger partial charge in [-0.3, -0.25) is 14.7 Å². The largest absolute Gasteiger partial charge is 0.380 e. The molecule has 5 nitrogen and oxygen atoms in total. The van der Waals surface area contributed by atoms with Gasteiger partial charge < -0.3 is 9.64 Å². The maximum absolute atomic E-state index is 12.8. The highest BCUT2D eigenvalue weighted by Gasteiger charge is 2.36. The van der Waals surface area contributed by atoms with Crippen molar-refractivity contribution in [3.05, 3.63) is 66.0 Å². The van der Waals surface area contributed by atoms with Gasteiger partial charge in [-0.2, -0.15) is 0 Å². The maximum Gasteiger partial charge on any atom is 0.222 e. The molecule has 148 valence electrons. The van der Waals surface area contributed by atoms with E-state index in [0.29, 0.717) is 18.4 Å². The van der Waals surface area contributed by atoms with Crippen LogP contribution in [0, 0.1) is 5.92 Å². The minimum atomic E-state index is 0.269. The number of nitrogens with zero attached hydrogens (tertiary/aromatic N) is 3. The number of rotatable bonds is 5. The van der Waals surface area contributed by atoms with Crippen molar-refractivity contribution < 1.29 is 9.53 Å². The lowest BCUT2D eigenvalue weighted by Gasteiger charge is -2.42. The number of hydrogen-bond donors (Lipinski definition) is 0. The van der Waals surface area contributed by atoms with Crippen molar-refractivity contribution in [1.29, 1.82) is 0 Å². The molecule has 0 aliphatic carbocycles. The van der Waals surface area contributed by atoms with E-state index in [4.69, 9.17) is 4.74 Å². The normalized spacial score (nSPS) is 23.1. The lowest BCUT2D eigenvalue weighted by molar-refractivity contribution is -0.134. The number of carbonyl (C=O) groups excluding carboxylic acids is 1. The molecule has 0 bridgehead atoms. The molecule has 1 aromatic heterocycles. The number of aryl methyl sites for hydroxylation is 1. The summed E-state index contributed by atoms with van der Waals surface area (Å²) in [6.07, 6.45) is 6.18. The molecule has 0 spiro atoms. The number of piperidine rings is 1. The van der Waals surface area contributed by atoms with Gasteiger partial charge in [0.2, 0.25) is 5.91 Å². The fourth-order valence-corrected chi connectivity index (χ4v) is 4.45. The molecule has 2 aliphatic rings. The Hall–Kier alpha value is -2.24. The van der Waals surface area contributed by atoms with Gasteiger partial charge in [-0.05, 0) is 30.0 Å². The molecule has 2 saturated heterocycles. The summed E-state index contributed by atoms with van der Waals surface area (Å²) in [4.78, 5) is 21.6. The quantitative estimate of drug-likeness (QED) is 0.801. The summed E-state index contributed by atoms with van der Waals surface area (Å²) in [7, 11) is 0. The molecule has 2 atom stereocenters. The van der Waals surface area contributed by atoms with Gasteiger partial charge >= 0.3 is 0 Å². The first-order chi connectivity index (χ1) is 13.8. The Morgan fingerprint density at radius 2 is 1.96 bits per heavy atom. The third-order valence-electron chi connectivity index (χ3n) is 5.95. The molecule has 5 heteroatoms. The van der Waals surface area contributed by atoms with Crippen molar-refractivity contribution in [3.63, 3.8) is 0 Å². The van der Waals surface area contributed by atoms with Crippen molar-refractivity contribution in [1.82, 2.24) is 14.8 Å². The second-order valence-corrected chi connectivity index (χ2v) is 7.85. The molecular formula is C23H29N3O2. The number of amides is 1. The zero-order chi connectivity index (χ0) is 19.2. The van der Waals surface area contributed by atoms with E-state index in [1.165, 1.54) is 11.1 Å². The van der Waals surface area contributed by atoms with Gasteiger partial charge in [-0.15, -0.1) is 0 Å². The second kappa shape index (κ2) is 9.30. The van der Waals surface area contributed by atoms with E-state index in [2.05, 4.69) is 33.0 Å². The zero-order valence-corrected chi connectivity index (χ0v) is 16.4. The van der Waals surface area contributed by atoms with Gasteiger partial charge in [-0.1, -0.05) is 36.4 Å². The van der Waals surface area contributed by atoms with Crippen LogP contribution in [0.25, 0.3) is 0 Å². The van der Waals surface area contributed by atoms with E-state index in [1.54, 1.807) is 0 Å². The molecule has 1 amide bonds. The smallest absolute Gasteiger partial charge is 0.222 e. The fourth-order valence-electron chi connectivity index (χ4n) is 4.45. The summed E-state index contributed by atoms with van der Waals surface area (Å²) in [5, 5.41) is 0. The van der Waals surface area contributed by atoms with Crippen LogP contribution in [0.4, 0.5) is 0 Å². The topological polar surface area (TPSA) is 45.7 Å². The van der Waals surface area contributed by atoms with Crippen molar-refractivity contribution in [2.75, 3.05) is 32.8 Å². The van der Waals surface area contributed by atoms with Gasteiger partial charge in [-0.25, -0.2) is 0 Å². The van der Waals surface area contributed by atoms with Crippen LogP contribution in [0.5, 0.6) is 0 Å². The Morgan fingerprint density at radius 3 is 2.79 bits per heavy atom. The van der Waals surface area contributed by atoms with Crippen LogP contribution in [-0.2, 0) is 22.5 Å². The van der Waals surface area contributed by atoms with Crippen LogP contribution >= 0.6 is 0 Å². The molecular weight excluding hydrogens is 350 g/mol. The van der Waals surface area contributed by atoms with Gasteiger partial charge in [0.15, 0.2) is 0 Å². The number of likely N-dealkylation sites (tertiary alicyclic amines) is 1. The first-order valence-corrected chi connectivity index (χ1v) is 10.3. The molecule has 4 rings (SSSR count). The van der Waals surface area contributed by atoms with Gasteiger partial charge in [0.25, 0.3) is 0 Å². The van der Waals surface area contributed by atoms with Gasteiger partial charge in [0, 0.05) is 57.0 Å². The maximum atomic E-state index is 12.8. The van der Waals surface area contributed by atoms with Gasteiger partial charge in [0.1, 0.15) is 0 Å².